The van der Waals surface area contributed by atoms with E-state index in [1.165, 1.54) is 11.3 Å². The van der Waals surface area contributed by atoms with Gasteiger partial charge in [-0.05, 0) is 24.7 Å². The van der Waals surface area contributed by atoms with Crippen LogP contribution in [0, 0.1) is 0 Å². The van der Waals surface area contributed by atoms with Gasteiger partial charge in [-0.25, -0.2) is 0 Å². The molecule has 2 rings (SSSR count). The lowest BCUT2D eigenvalue weighted by Gasteiger charge is -2.15. The molecule has 1 heterocycles. The van der Waals surface area contributed by atoms with E-state index in [1.54, 1.807) is 5.51 Å². The fourth-order valence-electron chi connectivity index (χ4n) is 1.63. The molecule has 0 saturated heterocycles. The van der Waals surface area contributed by atoms with E-state index in [4.69, 9.17) is 11.6 Å². The predicted octanol–water partition coefficient (Wildman–Crippen LogP) is 2.26. The van der Waals surface area contributed by atoms with Gasteiger partial charge in [-0.2, -0.15) is 0 Å². The lowest BCUT2D eigenvalue weighted by Crippen LogP contribution is -2.29. The fourth-order valence-corrected chi connectivity index (χ4v) is 2.31. The van der Waals surface area contributed by atoms with Gasteiger partial charge >= 0.3 is 0 Å². The minimum absolute atomic E-state index is 0.110. The molecule has 0 atom stereocenters. The zero-order chi connectivity index (χ0) is 13.7. The Balaban J connectivity index is 1.84. The number of hydrogen-bond acceptors (Lipinski definition) is 5. The molecule has 0 bridgehead atoms. The summed E-state index contributed by atoms with van der Waals surface area (Å²) >= 11 is 7.21. The van der Waals surface area contributed by atoms with Crippen LogP contribution in [0.2, 0.25) is 5.02 Å². The molecule has 2 aromatic rings. The average Bonchev–Trinajstić information content (AvgIpc) is 2.81. The van der Waals surface area contributed by atoms with Crippen LogP contribution in [0.25, 0.3) is 0 Å². The van der Waals surface area contributed by atoms with Gasteiger partial charge in [0.15, 0.2) is 0 Å². The van der Waals surface area contributed by atoms with Crippen LogP contribution in [0.15, 0.2) is 29.8 Å². The van der Waals surface area contributed by atoms with Crippen molar-refractivity contribution in [1.82, 2.24) is 15.1 Å². The van der Waals surface area contributed by atoms with E-state index in [0.29, 0.717) is 16.7 Å². The van der Waals surface area contributed by atoms with Gasteiger partial charge in [-0.3, -0.25) is 15.0 Å². The number of halogens is 1. The molecule has 7 heteroatoms. The molecule has 0 unspecified atom stereocenters. The topological polar surface area (TPSA) is 58.1 Å². The molecule has 0 aliphatic carbocycles. The molecule has 1 aromatic heterocycles. The first-order valence-electron chi connectivity index (χ1n) is 5.62. The van der Waals surface area contributed by atoms with E-state index in [-0.39, 0.29) is 12.5 Å². The van der Waals surface area contributed by atoms with Gasteiger partial charge in [0.05, 0.1) is 6.54 Å². The number of amides is 1. The number of aromatic nitrogens is 2. The van der Waals surface area contributed by atoms with Gasteiger partial charge in [-0.15, -0.1) is 10.2 Å². The van der Waals surface area contributed by atoms with Crippen molar-refractivity contribution in [3.8, 4) is 0 Å². The summed E-state index contributed by atoms with van der Waals surface area (Å²) in [6, 6.07) is 7.59. The third kappa shape index (κ3) is 4.59. The van der Waals surface area contributed by atoms with Crippen LogP contribution in [0.3, 0.4) is 0 Å². The Morgan fingerprint density at radius 3 is 3.05 bits per heavy atom. The van der Waals surface area contributed by atoms with Crippen molar-refractivity contribution in [2.24, 2.45) is 0 Å². The van der Waals surface area contributed by atoms with Crippen LogP contribution in [0.4, 0.5) is 5.13 Å². The second-order valence-electron chi connectivity index (χ2n) is 4.09. The first-order valence-corrected chi connectivity index (χ1v) is 6.88. The van der Waals surface area contributed by atoms with Crippen LogP contribution in [-0.4, -0.2) is 34.6 Å². The van der Waals surface area contributed by atoms with E-state index in [0.717, 1.165) is 5.56 Å². The lowest BCUT2D eigenvalue weighted by molar-refractivity contribution is -0.117. The molecule has 5 nitrogen and oxygen atoms in total. The number of nitrogens with zero attached hydrogens (tertiary/aromatic N) is 3. The fraction of sp³-hybridized carbons (Fsp3) is 0.250. The van der Waals surface area contributed by atoms with E-state index < -0.39 is 0 Å². The second kappa shape index (κ2) is 6.60. The molecule has 19 heavy (non-hydrogen) atoms. The summed E-state index contributed by atoms with van der Waals surface area (Å²) in [7, 11) is 1.88. The lowest BCUT2D eigenvalue weighted by atomic mass is 10.2. The smallest absolute Gasteiger partial charge is 0.240 e. The van der Waals surface area contributed by atoms with Crippen molar-refractivity contribution < 1.29 is 4.79 Å². The molecule has 100 valence electrons. The molecule has 0 fully saturated rings. The molecule has 0 saturated carbocycles. The number of nitrogens with one attached hydrogen (secondary N) is 1. The number of carbonyl (C=O) groups excluding carboxylic acids is 1. The number of benzene rings is 1. The Kier molecular flexibility index (Phi) is 4.84. The Hall–Kier alpha value is -1.50. The number of likely N-dealkylation sites (N-methyl/N-ethyl adjacent to an activating group) is 1. The van der Waals surface area contributed by atoms with E-state index in [2.05, 4.69) is 15.5 Å². The summed E-state index contributed by atoms with van der Waals surface area (Å²) in [6.45, 7) is 0.941. The monoisotopic (exact) mass is 296 g/mol. The van der Waals surface area contributed by atoms with E-state index >= 15 is 0 Å². The quantitative estimate of drug-likeness (QED) is 0.919. The maximum absolute atomic E-state index is 11.7. The van der Waals surface area contributed by atoms with Crippen molar-refractivity contribution in [2.75, 3.05) is 18.9 Å². The highest BCUT2D eigenvalue weighted by molar-refractivity contribution is 7.13. The van der Waals surface area contributed by atoms with Crippen molar-refractivity contribution in [2.45, 2.75) is 6.54 Å². The molecule has 0 radical (unpaired) electrons. The molecular formula is C12H13ClN4OS. The van der Waals surface area contributed by atoms with Crippen molar-refractivity contribution in [3.05, 3.63) is 40.4 Å². The molecule has 1 amide bonds. The summed E-state index contributed by atoms with van der Waals surface area (Å²) in [5, 5.41) is 11.3. The van der Waals surface area contributed by atoms with Gasteiger partial charge in [0.25, 0.3) is 0 Å². The van der Waals surface area contributed by atoms with Crippen LogP contribution < -0.4 is 5.32 Å². The Morgan fingerprint density at radius 2 is 2.37 bits per heavy atom. The minimum Gasteiger partial charge on any atom is -0.299 e. The third-order valence-corrected chi connectivity index (χ3v) is 3.20. The first-order chi connectivity index (χ1) is 9.13. The van der Waals surface area contributed by atoms with Crippen molar-refractivity contribution in [3.63, 3.8) is 0 Å². The van der Waals surface area contributed by atoms with E-state index in [1.807, 2.05) is 36.2 Å². The molecule has 0 spiro atoms. The Bertz CT molecular complexity index is 546. The maximum atomic E-state index is 11.7. The van der Waals surface area contributed by atoms with E-state index in [9.17, 15) is 4.79 Å². The molecular weight excluding hydrogens is 284 g/mol. The Morgan fingerprint density at radius 1 is 1.53 bits per heavy atom. The highest BCUT2D eigenvalue weighted by Gasteiger charge is 2.09. The predicted molar refractivity (Wildman–Crippen MR) is 76.3 cm³/mol. The first kappa shape index (κ1) is 13.9. The van der Waals surface area contributed by atoms with Crippen LogP contribution in [0.1, 0.15) is 5.56 Å². The highest BCUT2D eigenvalue weighted by Crippen LogP contribution is 2.12. The average molecular weight is 297 g/mol. The van der Waals surface area contributed by atoms with Gasteiger partial charge in [0.1, 0.15) is 5.51 Å². The number of hydrogen-bond donors (Lipinski definition) is 1. The number of rotatable bonds is 5. The van der Waals surface area contributed by atoms with Gasteiger partial charge in [0, 0.05) is 11.6 Å². The summed E-state index contributed by atoms with van der Waals surface area (Å²) in [6.07, 6.45) is 0. The molecule has 1 N–H and O–H groups in total. The standard InChI is InChI=1S/C12H13ClN4OS/c1-17(6-9-3-2-4-10(13)5-9)7-11(18)15-12-16-14-8-19-12/h2-5,8H,6-7H2,1H3,(H,15,16,18). The van der Waals surface area contributed by atoms with Crippen molar-refractivity contribution >= 4 is 34.0 Å². The molecule has 1 aromatic carbocycles. The summed E-state index contributed by atoms with van der Waals surface area (Å²) < 4.78 is 0. The van der Waals surface area contributed by atoms with Crippen LogP contribution >= 0.6 is 22.9 Å². The zero-order valence-electron chi connectivity index (χ0n) is 10.3. The highest BCUT2D eigenvalue weighted by atomic mass is 35.5. The van der Waals surface area contributed by atoms with Gasteiger partial charge < -0.3 is 0 Å². The zero-order valence-corrected chi connectivity index (χ0v) is 11.9. The van der Waals surface area contributed by atoms with Crippen LogP contribution in [-0.2, 0) is 11.3 Å². The Labute approximate surface area is 120 Å². The SMILES string of the molecule is CN(CC(=O)Nc1nncs1)Cc1cccc(Cl)c1. The second-order valence-corrected chi connectivity index (χ2v) is 5.36. The van der Waals surface area contributed by atoms with Gasteiger partial charge in [0.2, 0.25) is 11.0 Å². The summed E-state index contributed by atoms with van der Waals surface area (Å²) in [4.78, 5) is 13.6. The molecule has 0 aliphatic heterocycles. The maximum Gasteiger partial charge on any atom is 0.240 e. The minimum atomic E-state index is -0.110. The normalized spacial score (nSPS) is 10.7. The third-order valence-electron chi connectivity index (χ3n) is 2.36. The number of carbonyl (C=O) groups is 1. The number of anilines is 1. The molecule has 0 aliphatic rings. The van der Waals surface area contributed by atoms with Gasteiger partial charge in [-0.1, -0.05) is 35.1 Å². The summed E-state index contributed by atoms with van der Waals surface area (Å²) in [5.74, 6) is -0.110. The largest absolute Gasteiger partial charge is 0.299 e. The van der Waals surface area contributed by atoms with Crippen molar-refractivity contribution in [1.29, 1.82) is 0 Å². The summed E-state index contributed by atoms with van der Waals surface area (Å²) in [5.41, 5.74) is 2.64. The van der Waals surface area contributed by atoms with Crippen LogP contribution in [0.5, 0.6) is 0 Å².